The lowest BCUT2D eigenvalue weighted by atomic mass is 10.2. The Bertz CT molecular complexity index is 331. The molecule has 96 valence electrons. The van der Waals surface area contributed by atoms with Crippen LogP contribution in [0.2, 0.25) is 0 Å². The standard InChI is InChI=1S/C13H20FNO2/c1-17-8-4-2-3-7-15-10-11-5-6-13(16)12(14)9-11/h5-6,9,15-16H,2-4,7-8,10H2,1H3. The number of halogens is 1. The number of benzene rings is 1. The van der Waals surface area contributed by atoms with Gasteiger partial charge in [0.25, 0.3) is 0 Å². The van der Waals surface area contributed by atoms with Crippen LogP contribution in [0.15, 0.2) is 18.2 Å². The van der Waals surface area contributed by atoms with Gasteiger partial charge in [0.2, 0.25) is 0 Å². The fourth-order valence-electron chi connectivity index (χ4n) is 1.57. The quantitative estimate of drug-likeness (QED) is 0.687. The second kappa shape index (κ2) is 8.03. The Morgan fingerprint density at radius 1 is 1.29 bits per heavy atom. The minimum absolute atomic E-state index is 0.298. The molecule has 1 rings (SSSR count). The van der Waals surface area contributed by atoms with Gasteiger partial charge in [0, 0.05) is 20.3 Å². The summed E-state index contributed by atoms with van der Waals surface area (Å²) in [6, 6.07) is 4.45. The summed E-state index contributed by atoms with van der Waals surface area (Å²) in [4.78, 5) is 0. The monoisotopic (exact) mass is 241 g/mol. The summed E-state index contributed by atoms with van der Waals surface area (Å²) in [5.74, 6) is -0.863. The molecule has 0 fully saturated rings. The molecule has 1 aromatic carbocycles. The second-order valence-corrected chi connectivity index (χ2v) is 4.02. The Labute approximate surface area is 102 Å². The van der Waals surface area contributed by atoms with Gasteiger partial charge in [0.15, 0.2) is 11.6 Å². The summed E-state index contributed by atoms with van der Waals surface area (Å²) in [6.45, 7) is 2.34. The van der Waals surface area contributed by atoms with E-state index in [0.717, 1.165) is 38.0 Å². The largest absolute Gasteiger partial charge is 0.505 e. The van der Waals surface area contributed by atoms with E-state index in [0.29, 0.717) is 6.54 Å². The van der Waals surface area contributed by atoms with Crippen LogP contribution in [0.3, 0.4) is 0 Å². The molecule has 0 radical (unpaired) electrons. The number of hydrogen-bond donors (Lipinski definition) is 2. The fourth-order valence-corrected chi connectivity index (χ4v) is 1.57. The van der Waals surface area contributed by atoms with Gasteiger partial charge in [-0.2, -0.15) is 0 Å². The van der Waals surface area contributed by atoms with Gasteiger partial charge >= 0.3 is 0 Å². The van der Waals surface area contributed by atoms with E-state index < -0.39 is 5.82 Å². The van der Waals surface area contributed by atoms with Gasteiger partial charge in [0.05, 0.1) is 0 Å². The normalized spacial score (nSPS) is 10.7. The van der Waals surface area contributed by atoms with Crippen LogP contribution in [-0.2, 0) is 11.3 Å². The van der Waals surface area contributed by atoms with E-state index in [1.807, 2.05) is 0 Å². The van der Waals surface area contributed by atoms with Crippen molar-refractivity contribution < 1.29 is 14.2 Å². The average Bonchev–Trinajstić information content (AvgIpc) is 2.32. The molecule has 0 amide bonds. The van der Waals surface area contributed by atoms with Gasteiger partial charge in [0.1, 0.15) is 0 Å². The number of unbranched alkanes of at least 4 members (excludes halogenated alkanes) is 2. The zero-order chi connectivity index (χ0) is 12.5. The Kier molecular flexibility index (Phi) is 6.58. The maximum atomic E-state index is 13.0. The molecule has 0 spiro atoms. The van der Waals surface area contributed by atoms with E-state index in [-0.39, 0.29) is 5.75 Å². The van der Waals surface area contributed by atoms with Gasteiger partial charge in [-0.15, -0.1) is 0 Å². The Morgan fingerprint density at radius 3 is 2.82 bits per heavy atom. The molecule has 0 aromatic heterocycles. The maximum absolute atomic E-state index is 13.0. The first-order valence-corrected chi connectivity index (χ1v) is 5.91. The van der Waals surface area contributed by atoms with Gasteiger partial charge in [-0.1, -0.05) is 6.07 Å². The molecule has 0 bridgehead atoms. The Balaban J connectivity index is 2.11. The number of rotatable bonds is 8. The number of hydrogen-bond acceptors (Lipinski definition) is 3. The number of aromatic hydroxyl groups is 1. The smallest absolute Gasteiger partial charge is 0.165 e. The predicted molar refractivity (Wildman–Crippen MR) is 65.5 cm³/mol. The molecular weight excluding hydrogens is 221 g/mol. The lowest BCUT2D eigenvalue weighted by Gasteiger charge is -2.05. The zero-order valence-electron chi connectivity index (χ0n) is 10.2. The zero-order valence-corrected chi connectivity index (χ0v) is 10.2. The molecule has 2 N–H and O–H groups in total. The third kappa shape index (κ3) is 5.65. The molecule has 0 unspecified atom stereocenters. The lowest BCUT2D eigenvalue weighted by molar-refractivity contribution is 0.192. The van der Waals surface area contributed by atoms with Crippen LogP contribution in [0.1, 0.15) is 24.8 Å². The minimum atomic E-state index is -0.565. The summed E-state index contributed by atoms with van der Waals surface area (Å²) in [5, 5.41) is 12.3. The molecule has 0 aliphatic rings. The molecule has 0 aliphatic heterocycles. The van der Waals surface area contributed by atoms with Crippen molar-refractivity contribution in [3.05, 3.63) is 29.6 Å². The summed E-state index contributed by atoms with van der Waals surface area (Å²) in [6.07, 6.45) is 3.29. The van der Waals surface area contributed by atoms with E-state index in [1.54, 1.807) is 13.2 Å². The highest BCUT2D eigenvalue weighted by molar-refractivity contribution is 5.27. The summed E-state index contributed by atoms with van der Waals surface area (Å²) < 4.78 is 18.0. The molecule has 0 aliphatic carbocycles. The second-order valence-electron chi connectivity index (χ2n) is 4.02. The van der Waals surface area contributed by atoms with Crippen LogP contribution in [-0.4, -0.2) is 25.4 Å². The Morgan fingerprint density at radius 2 is 2.12 bits per heavy atom. The van der Waals surface area contributed by atoms with E-state index in [4.69, 9.17) is 9.84 Å². The lowest BCUT2D eigenvalue weighted by Crippen LogP contribution is -2.14. The van der Waals surface area contributed by atoms with Crippen LogP contribution < -0.4 is 5.32 Å². The number of nitrogens with one attached hydrogen (secondary N) is 1. The van der Waals surface area contributed by atoms with Crippen molar-refractivity contribution in [1.29, 1.82) is 0 Å². The number of phenolic OH excluding ortho intramolecular Hbond substituents is 1. The van der Waals surface area contributed by atoms with E-state index >= 15 is 0 Å². The number of phenols is 1. The first-order chi connectivity index (χ1) is 8.24. The predicted octanol–water partition coefficient (Wildman–Crippen LogP) is 2.44. The average molecular weight is 241 g/mol. The van der Waals surface area contributed by atoms with Crippen LogP contribution in [0, 0.1) is 5.82 Å². The summed E-state index contributed by atoms with van der Waals surface area (Å²) in [7, 11) is 1.71. The highest BCUT2D eigenvalue weighted by Crippen LogP contribution is 2.15. The third-order valence-electron chi connectivity index (χ3n) is 2.54. The van der Waals surface area contributed by atoms with Crippen LogP contribution in [0.4, 0.5) is 4.39 Å². The van der Waals surface area contributed by atoms with Gasteiger partial charge in [-0.25, -0.2) is 4.39 Å². The summed E-state index contributed by atoms with van der Waals surface area (Å²) >= 11 is 0. The molecule has 3 nitrogen and oxygen atoms in total. The molecule has 0 saturated carbocycles. The topological polar surface area (TPSA) is 41.5 Å². The molecule has 0 saturated heterocycles. The Hall–Kier alpha value is -1.13. The van der Waals surface area contributed by atoms with Gasteiger partial charge < -0.3 is 15.2 Å². The van der Waals surface area contributed by atoms with Gasteiger partial charge in [-0.05, 0) is 43.5 Å². The van der Waals surface area contributed by atoms with Crippen LogP contribution in [0.25, 0.3) is 0 Å². The summed E-state index contributed by atoms with van der Waals surface area (Å²) in [5.41, 5.74) is 0.845. The highest BCUT2D eigenvalue weighted by Gasteiger charge is 2.00. The molecule has 17 heavy (non-hydrogen) atoms. The number of ether oxygens (including phenoxy) is 1. The molecule has 0 heterocycles. The molecule has 0 atom stereocenters. The molecule has 1 aromatic rings. The van der Waals surface area contributed by atoms with Crippen LogP contribution in [0.5, 0.6) is 5.75 Å². The minimum Gasteiger partial charge on any atom is -0.505 e. The van der Waals surface area contributed by atoms with Crippen molar-refractivity contribution >= 4 is 0 Å². The third-order valence-corrected chi connectivity index (χ3v) is 2.54. The van der Waals surface area contributed by atoms with Crippen molar-refractivity contribution in [2.75, 3.05) is 20.3 Å². The van der Waals surface area contributed by atoms with Crippen LogP contribution >= 0.6 is 0 Å². The van der Waals surface area contributed by atoms with E-state index in [1.165, 1.54) is 12.1 Å². The van der Waals surface area contributed by atoms with Crippen molar-refractivity contribution in [2.45, 2.75) is 25.8 Å². The number of methoxy groups -OCH3 is 1. The van der Waals surface area contributed by atoms with Crippen molar-refractivity contribution in [1.82, 2.24) is 5.32 Å². The van der Waals surface area contributed by atoms with E-state index in [9.17, 15) is 4.39 Å². The first kappa shape index (κ1) is 13.9. The maximum Gasteiger partial charge on any atom is 0.165 e. The fraction of sp³-hybridized carbons (Fsp3) is 0.538. The molecular formula is C13H20FNO2. The van der Waals surface area contributed by atoms with Crippen molar-refractivity contribution in [2.24, 2.45) is 0 Å². The highest BCUT2D eigenvalue weighted by atomic mass is 19.1. The van der Waals surface area contributed by atoms with Crippen molar-refractivity contribution in [3.8, 4) is 5.75 Å². The van der Waals surface area contributed by atoms with E-state index in [2.05, 4.69) is 5.32 Å². The van der Waals surface area contributed by atoms with Crippen molar-refractivity contribution in [3.63, 3.8) is 0 Å². The first-order valence-electron chi connectivity index (χ1n) is 5.91. The molecule has 4 heteroatoms. The van der Waals surface area contributed by atoms with Gasteiger partial charge in [-0.3, -0.25) is 0 Å². The SMILES string of the molecule is COCCCCCNCc1ccc(O)c(F)c1.